The molecule has 0 saturated heterocycles. The summed E-state index contributed by atoms with van der Waals surface area (Å²) >= 11 is 0. The quantitative estimate of drug-likeness (QED) is 0.632. The molecule has 0 aliphatic carbocycles. The van der Waals surface area contributed by atoms with E-state index in [4.69, 9.17) is 0 Å². The molecule has 0 saturated carbocycles. The minimum absolute atomic E-state index is 0.929. The Morgan fingerprint density at radius 3 is 3.13 bits per heavy atom. The predicted molar refractivity (Wildman–Crippen MR) is 62.7 cm³/mol. The second-order valence-electron chi connectivity index (χ2n) is 3.54. The van der Waals surface area contributed by atoms with E-state index in [1.807, 2.05) is 36.7 Å². The van der Waals surface area contributed by atoms with Gasteiger partial charge in [0.15, 0.2) is 0 Å². The van der Waals surface area contributed by atoms with E-state index < -0.39 is 0 Å². The van der Waals surface area contributed by atoms with Gasteiger partial charge in [0.2, 0.25) is 0 Å². The van der Waals surface area contributed by atoms with Crippen molar-refractivity contribution in [3.8, 4) is 0 Å². The number of nitrogens with zero attached hydrogens (tertiary/aromatic N) is 2. The van der Waals surface area contributed by atoms with Gasteiger partial charge >= 0.3 is 0 Å². The molecule has 3 rings (SSSR count). The Bertz CT molecular complexity index is 568. The molecule has 1 aliphatic rings. The summed E-state index contributed by atoms with van der Waals surface area (Å²) < 4.78 is 0. The van der Waals surface area contributed by atoms with E-state index >= 15 is 0 Å². The molecular formula is C13H10N2. The summed E-state index contributed by atoms with van der Waals surface area (Å²) in [5.74, 6) is 0. The topological polar surface area (TPSA) is 25.2 Å². The Hall–Kier alpha value is -1.96. The van der Waals surface area contributed by atoms with Gasteiger partial charge in [-0.25, -0.2) is 0 Å². The van der Waals surface area contributed by atoms with Crippen LogP contribution in [-0.4, -0.2) is 11.2 Å². The molecule has 1 aromatic carbocycles. The van der Waals surface area contributed by atoms with Gasteiger partial charge in [0.1, 0.15) is 0 Å². The molecule has 2 aromatic rings. The molecule has 1 aliphatic heterocycles. The Balaban J connectivity index is 2.38. The average molecular weight is 194 g/mol. The summed E-state index contributed by atoms with van der Waals surface area (Å²) in [7, 11) is 0. The maximum atomic E-state index is 4.40. The normalized spacial score (nSPS) is 13.9. The first kappa shape index (κ1) is 8.36. The fourth-order valence-electron chi connectivity index (χ4n) is 1.91. The molecule has 0 N–H and O–H groups in total. The molecule has 1 aromatic heterocycles. The van der Waals surface area contributed by atoms with Gasteiger partial charge in [0, 0.05) is 17.8 Å². The van der Waals surface area contributed by atoms with E-state index in [-0.39, 0.29) is 0 Å². The predicted octanol–water partition coefficient (Wildman–Crippen LogP) is 3.05. The molecule has 0 unspecified atom stereocenters. The Labute approximate surface area is 88.0 Å². The van der Waals surface area contributed by atoms with Crippen LogP contribution < -0.4 is 0 Å². The van der Waals surface area contributed by atoms with E-state index in [2.05, 4.69) is 22.1 Å². The highest BCUT2D eigenvalue weighted by molar-refractivity contribution is 5.89. The summed E-state index contributed by atoms with van der Waals surface area (Å²) in [6, 6.07) is 8.14. The van der Waals surface area contributed by atoms with Gasteiger partial charge in [-0.2, -0.15) is 0 Å². The van der Waals surface area contributed by atoms with Crippen LogP contribution in [-0.2, 0) is 6.42 Å². The fourth-order valence-corrected chi connectivity index (χ4v) is 1.91. The van der Waals surface area contributed by atoms with Crippen LogP contribution in [0, 0.1) is 0 Å². The van der Waals surface area contributed by atoms with Crippen molar-refractivity contribution in [3.63, 3.8) is 0 Å². The zero-order valence-corrected chi connectivity index (χ0v) is 8.22. The second kappa shape index (κ2) is 3.31. The standard InChI is InChI=1S/C13H10N2/c1-2-8-14-12-6-7-13-11(10(12)4-1)5-3-9-15-13/h1-3,5-9H,4H2. The number of pyridine rings is 1. The Kier molecular flexibility index (Phi) is 1.85. The van der Waals surface area contributed by atoms with Crippen molar-refractivity contribution < 1.29 is 0 Å². The molecule has 0 radical (unpaired) electrons. The fraction of sp³-hybridized carbons (Fsp3) is 0.0769. The lowest BCUT2D eigenvalue weighted by molar-refractivity contribution is 1.28. The minimum Gasteiger partial charge on any atom is -0.257 e. The average Bonchev–Trinajstić information content (AvgIpc) is 2.54. The first-order valence-electron chi connectivity index (χ1n) is 5.01. The summed E-state index contributed by atoms with van der Waals surface area (Å²) in [5.41, 5.74) is 3.37. The highest BCUT2D eigenvalue weighted by atomic mass is 14.7. The Morgan fingerprint density at radius 1 is 1.13 bits per heavy atom. The molecule has 15 heavy (non-hydrogen) atoms. The molecule has 0 fully saturated rings. The van der Waals surface area contributed by atoms with Crippen LogP contribution in [0.2, 0.25) is 0 Å². The molecular weight excluding hydrogens is 184 g/mol. The Morgan fingerprint density at radius 2 is 2.13 bits per heavy atom. The van der Waals surface area contributed by atoms with Crippen molar-refractivity contribution in [3.05, 3.63) is 48.2 Å². The molecule has 2 nitrogen and oxygen atoms in total. The number of aromatic nitrogens is 1. The largest absolute Gasteiger partial charge is 0.257 e. The van der Waals surface area contributed by atoms with Crippen molar-refractivity contribution >= 4 is 22.8 Å². The third-order valence-electron chi connectivity index (χ3n) is 2.63. The van der Waals surface area contributed by atoms with E-state index in [1.165, 1.54) is 10.9 Å². The number of hydrogen-bond acceptors (Lipinski definition) is 2. The van der Waals surface area contributed by atoms with Gasteiger partial charge in [0.05, 0.1) is 11.2 Å². The maximum Gasteiger partial charge on any atom is 0.0706 e. The van der Waals surface area contributed by atoms with Gasteiger partial charge in [0.25, 0.3) is 0 Å². The van der Waals surface area contributed by atoms with Crippen LogP contribution >= 0.6 is 0 Å². The lowest BCUT2D eigenvalue weighted by Crippen LogP contribution is -1.86. The van der Waals surface area contributed by atoms with Crippen LogP contribution in [0.5, 0.6) is 0 Å². The number of aliphatic imine (C=N–C) groups is 1. The zero-order chi connectivity index (χ0) is 10.1. The molecule has 0 atom stereocenters. The second-order valence-corrected chi connectivity index (χ2v) is 3.54. The smallest absolute Gasteiger partial charge is 0.0706 e. The van der Waals surface area contributed by atoms with Crippen LogP contribution in [0.25, 0.3) is 10.9 Å². The third kappa shape index (κ3) is 1.34. The summed E-state index contributed by atoms with van der Waals surface area (Å²) in [4.78, 5) is 8.74. The molecule has 2 heteroatoms. The highest BCUT2D eigenvalue weighted by Crippen LogP contribution is 2.28. The maximum absolute atomic E-state index is 4.40. The summed E-state index contributed by atoms with van der Waals surface area (Å²) in [5, 5.41) is 1.21. The number of hydrogen-bond donors (Lipinski definition) is 0. The van der Waals surface area contributed by atoms with Gasteiger partial charge in [-0.15, -0.1) is 0 Å². The molecule has 0 spiro atoms. The lowest BCUT2D eigenvalue weighted by atomic mass is 10.0. The molecule has 0 bridgehead atoms. The van der Waals surface area contributed by atoms with Crippen LogP contribution in [0.1, 0.15) is 5.56 Å². The van der Waals surface area contributed by atoms with E-state index in [1.54, 1.807) is 0 Å². The zero-order valence-electron chi connectivity index (χ0n) is 8.22. The summed E-state index contributed by atoms with van der Waals surface area (Å²) in [6.45, 7) is 0. The first-order chi connectivity index (χ1) is 7.45. The van der Waals surface area contributed by atoms with Crippen LogP contribution in [0.4, 0.5) is 5.69 Å². The summed E-state index contributed by atoms with van der Waals surface area (Å²) in [6.07, 6.45) is 8.71. The van der Waals surface area contributed by atoms with E-state index in [0.29, 0.717) is 0 Å². The molecule has 72 valence electrons. The van der Waals surface area contributed by atoms with E-state index in [9.17, 15) is 0 Å². The first-order valence-corrected chi connectivity index (χ1v) is 5.01. The van der Waals surface area contributed by atoms with Crippen molar-refractivity contribution in [2.24, 2.45) is 4.99 Å². The van der Waals surface area contributed by atoms with E-state index in [0.717, 1.165) is 17.6 Å². The van der Waals surface area contributed by atoms with Gasteiger partial charge in [-0.3, -0.25) is 9.98 Å². The van der Waals surface area contributed by atoms with Crippen molar-refractivity contribution in [2.45, 2.75) is 6.42 Å². The van der Waals surface area contributed by atoms with Gasteiger partial charge < -0.3 is 0 Å². The van der Waals surface area contributed by atoms with Crippen molar-refractivity contribution in [1.82, 2.24) is 4.98 Å². The van der Waals surface area contributed by atoms with Crippen LogP contribution in [0.3, 0.4) is 0 Å². The SMILES string of the molecule is C1=CCc2c(ccc3ncccc23)N=C1. The van der Waals surface area contributed by atoms with Gasteiger partial charge in [-0.05, 0) is 36.3 Å². The monoisotopic (exact) mass is 194 g/mol. The third-order valence-corrected chi connectivity index (χ3v) is 2.63. The molecule has 0 amide bonds. The number of benzene rings is 1. The van der Waals surface area contributed by atoms with Gasteiger partial charge in [-0.1, -0.05) is 12.1 Å². The number of rotatable bonds is 0. The molecule has 2 heterocycles. The lowest BCUT2D eigenvalue weighted by Gasteiger charge is -2.06. The number of fused-ring (bicyclic) bond motifs is 3. The van der Waals surface area contributed by atoms with Crippen LogP contribution in [0.15, 0.2) is 47.6 Å². The van der Waals surface area contributed by atoms with Crippen molar-refractivity contribution in [2.75, 3.05) is 0 Å². The number of allylic oxidation sites excluding steroid dienone is 2. The minimum atomic E-state index is 0.929. The highest BCUT2D eigenvalue weighted by Gasteiger charge is 2.06. The van der Waals surface area contributed by atoms with Crippen molar-refractivity contribution in [1.29, 1.82) is 0 Å².